The Bertz CT molecular complexity index is 482. The first-order valence-electron chi connectivity index (χ1n) is 8.98. The van der Waals surface area contributed by atoms with Gasteiger partial charge in [0.25, 0.3) is 0 Å². The summed E-state index contributed by atoms with van der Waals surface area (Å²) in [4.78, 5) is 0. The van der Waals surface area contributed by atoms with Crippen LogP contribution in [0.25, 0.3) is 0 Å². The summed E-state index contributed by atoms with van der Waals surface area (Å²) in [5, 5.41) is 0. The van der Waals surface area contributed by atoms with Crippen LogP contribution in [0.3, 0.4) is 0 Å². The molecule has 0 aromatic heterocycles. The van der Waals surface area contributed by atoms with Gasteiger partial charge in [-0.2, -0.15) is 0 Å². The Morgan fingerprint density at radius 3 is 1.43 bits per heavy atom. The summed E-state index contributed by atoms with van der Waals surface area (Å²) in [5.41, 5.74) is 3.64. The van der Waals surface area contributed by atoms with Crippen molar-refractivity contribution in [2.75, 3.05) is 0 Å². The molecule has 3 heteroatoms. The largest absolute Gasteiger partial charge is 1.00 e. The van der Waals surface area contributed by atoms with E-state index in [4.69, 9.17) is 0 Å². The van der Waals surface area contributed by atoms with Gasteiger partial charge in [0, 0.05) is 0 Å². The predicted octanol–water partition coefficient (Wildman–Crippen LogP) is -0.115. The van der Waals surface area contributed by atoms with Crippen LogP contribution in [0.5, 0.6) is 0 Å². The Morgan fingerprint density at radius 1 is 0.652 bits per heavy atom. The molecule has 0 saturated heterocycles. The monoisotopic (exact) mass is 484 g/mol. The first-order valence-corrected chi connectivity index (χ1v) is 12.6. The summed E-state index contributed by atoms with van der Waals surface area (Å²) < 4.78 is 3.91. The minimum absolute atomic E-state index is 0. The molecule has 0 spiro atoms. The molecule has 0 radical (unpaired) electrons. The van der Waals surface area contributed by atoms with Gasteiger partial charge < -0.3 is 9.41 Å². The van der Waals surface area contributed by atoms with Gasteiger partial charge in [0.15, 0.2) is 0 Å². The van der Waals surface area contributed by atoms with E-state index in [1.807, 2.05) is 17.8 Å². The van der Waals surface area contributed by atoms with Crippen LogP contribution in [0, 0.1) is 11.8 Å². The summed E-state index contributed by atoms with van der Waals surface area (Å²) in [6.45, 7) is 0. The number of hydrogen-bond acceptors (Lipinski definition) is 0. The molecule has 0 unspecified atom stereocenters. The molecule has 4 aliphatic rings. The van der Waals surface area contributed by atoms with Crippen molar-refractivity contribution in [2.45, 2.75) is 64.2 Å². The average Bonchev–Trinajstić information content (AvgIpc) is 3.28. The maximum atomic E-state index is 2.51. The molecule has 0 nitrogen and oxygen atoms in total. The van der Waals surface area contributed by atoms with E-state index in [-0.39, 0.29) is 9.41 Å². The van der Waals surface area contributed by atoms with Crippen molar-refractivity contribution >= 4 is 0 Å². The van der Waals surface area contributed by atoms with E-state index in [1.54, 1.807) is 0 Å². The zero-order chi connectivity index (χ0) is 14.1. The second kappa shape index (κ2) is 8.69. The van der Waals surface area contributed by atoms with Crippen LogP contribution in [0.4, 0.5) is 0 Å². The van der Waals surface area contributed by atoms with Crippen molar-refractivity contribution in [3.8, 4) is 0 Å². The van der Waals surface area contributed by atoms with Gasteiger partial charge in [-0.15, -0.1) is 0 Å². The third-order valence-electron chi connectivity index (χ3n) is 5.83. The molecular formula is C20H26F2Hf. The Balaban J connectivity index is 0.000000960. The molecule has 4 rings (SSSR count). The summed E-state index contributed by atoms with van der Waals surface area (Å²) in [6, 6.07) is 0. The third-order valence-corrected chi connectivity index (χ3v) is 11.5. The Hall–Kier alpha value is -0.310. The zero-order valence-corrected chi connectivity index (χ0v) is 17.4. The standard InChI is InChI=1S/2C10H13.2FH.Hf/c2*1-2-6-9(5-1)10-7-3-4-8-10;;;/h2*1,5,10H,2-4,7-8H2;2*1H;/q;;;;+2/p-2. The van der Waals surface area contributed by atoms with Crippen LogP contribution >= 0.6 is 0 Å². The van der Waals surface area contributed by atoms with Gasteiger partial charge in [-0.3, -0.25) is 0 Å². The van der Waals surface area contributed by atoms with Gasteiger partial charge in [0.05, 0.1) is 0 Å². The number of rotatable bonds is 4. The van der Waals surface area contributed by atoms with Gasteiger partial charge in [0.2, 0.25) is 0 Å². The first-order chi connectivity index (χ1) is 10.4. The maximum Gasteiger partial charge on any atom is -1.00 e. The average molecular weight is 483 g/mol. The summed E-state index contributed by atoms with van der Waals surface area (Å²) in [7, 11) is 0. The van der Waals surface area contributed by atoms with Gasteiger partial charge in [-0.05, 0) is 0 Å². The number of hydrogen-bond donors (Lipinski definition) is 0. The second-order valence-corrected chi connectivity index (χ2v) is 12.4. The van der Waals surface area contributed by atoms with E-state index in [9.17, 15) is 0 Å². The maximum absolute atomic E-state index is 2.51. The fourth-order valence-corrected chi connectivity index (χ4v) is 10.7. The summed E-state index contributed by atoms with van der Waals surface area (Å²) in [6.07, 6.45) is 24.4. The van der Waals surface area contributed by atoms with Crippen molar-refractivity contribution in [1.29, 1.82) is 0 Å². The van der Waals surface area contributed by atoms with Crippen molar-refractivity contribution in [3.63, 3.8) is 0 Å². The molecular weight excluding hydrogens is 457 g/mol. The van der Waals surface area contributed by atoms with Crippen LogP contribution in [-0.4, -0.2) is 0 Å². The van der Waals surface area contributed by atoms with Crippen LogP contribution in [0.1, 0.15) is 64.2 Å². The molecule has 2 fully saturated rings. The Kier molecular flexibility index (Phi) is 7.19. The zero-order valence-electron chi connectivity index (χ0n) is 13.8. The molecule has 0 aromatic carbocycles. The van der Waals surface area contributed by atoms with E-state index in [0.717, 1.165) is 11.8 Å². The first kappa shape index (κ1) is 19.0. The molecule has 2 saturated carbocycles. The minimum atomic E-state index is -0.739. The topological polar surface area (TPSA) is 0 Å². The van der Waals surface area contributed by atoms with Gasteiger partial charge in [0.1, 0.15) is 0 Å². The molecule has 124 valence electrons. The summed E-state index contributed by atoms with van der Waals surface area (Å²) >= 11 is -0.739. The summed E-state index contributed by atoms with van der Waals surface area (Å²) in [5.74, 6) is 1.88. The van der Waals surface area contributed by atoms with Crippen LogP contribution in [-0.2, 0) is 22.9 Å². The molecule has 0 amide bonds. The van der Waals surface area contributed by atoms with E-state index in [1.165, 1.54) is 64.2 Å². The molecule has 0 aromatic rings. The Labute approximate surface area is 150 Å². The molecule has 4 aliphatic carbocycles. The normalized spacial score (nSPS) is 24.3. The SMILES string of the molecule is C1=CC(C2CCCC2)=[C]([Hf+2][C]2=C(C3CCCC3)C=CC2)C1.[F-].[F-]. The van der Waals surface area contributed by atoms with E-state index >= 15 is 0 Å². The minimum Gasteiger partial charge on any atom is -1.00 e. The number of allylic oxidation sites excluding steroid dienone is 8. The predicted molar refractivity (Wildman–Crippen MR) is 85.5 cm³/mol. The van der Waals surface area contributed by atoms with Crippen LogP contribution in [0.2, 0.25) is 0 Å². The Morgan fingerprint density at radius 2 is 1.04 bits per heavy atom. The smallest absolute Gasteiger partial charge is 1.00 e. The van der Waals surface area contributed by atoms with Crippen LogP contribution in [0.15, 0.2) is 42.1 Å². The third kappa shape index (κ3) is 4.03. The van der Waals surface area contributed by atoms with Gasteiger partial charge in [-0.1, -0.05) is 0 Å². The van der Waals surface area contributed by atoms with Crippen molar-refractivity contribution in [1.82, 2.24) is 0 Å². The van der Waals surface area contributed by atoms with Crippen molar-refractivity contribution in [3.05, 3.63) is 42.1 Å². The molecule has 0 N–H and O–H groups in total. The van der Waals surface area contributed by atoms with Gasteiger partial charge >= 0.3 is 141 Å². The van der Waals surface area contributed by atoms with Crippen molar-refractivity contribution in [2.24, 2.45) is 11.8 Å². The van der Waals surface area contributed by atoms with E-state index in [2.05, 4.69) is 24.3 Å². The molecule has 0 aliphatic heterocycles. The molecule has 23 heavy (non-hydrogen) atoms. The second-order valence-electron chi connectivity index (χ2n) is 7.17. The molecule has 0 bridgehead atoms. The molecule has 0 heterocycles. The van der Waals surface area contributed by atoms with E-state index in [0.29, 0.717) is 0 Å². The quantitative estimate of drug-likeness (QED) is 0.491. The van der Waals surface area contributed by atoms with Crippen molar-refractivity contribution < 1.29 is 32.3 Å². The van der Waals surface area contributed by atoms with E-state index < -0.39 is 22.9 Å². The van der Waals surface area contributed by atoms with Gasteiger partial charge in [-0.25, -0.2) is 0 Å². The van der Waals surface area contributed by atoms with Crippen LogP contribution < -0.4 is 9.41 Å². The fourth-order valence-electron chi connectivity index (χ4n) is 4.71. The number of halogens is 2. The fraction of sp³-hybridized carbons (Fsp3) is 0.600. The molecule has 0 atom stereocenters.